The van der Waals surface area contributed by atoms with Crippen LogP contribution in [0.25, 0.3) is 0 Å². The summed E-state index contributed by atoms with van der Waals surface area (Å²) in [7, 11) is 2.11. The molecule has 1 heterocycles. The summed E-state index contributed by atoms with van der Waals surface area (Å²) in [6, 6.07) is 6.40. The number of carboxylic acid groups (broad SMARTS) is 1. The van der Waals surface area contributed by atoms with Gasteiger partial charge in [0, 0.05) is 26.7 Å². The summed E-state index contributed by atoms with van der Waals surface area (Å²) in [6.45, 7) is 6.90. The maximum Gasteiger partial charge on any atom is 0.305 e. The van der Waals surface area contributed by atoms with E-state index in [9.17, 15) is 4.79 Å². The third kappa shape index (κ3) is 3.06. The number of nitrogens with zero attached hydrogens (tertiary/aromatic N) is 2. The zero-order valence-corrected chi connectivity index (χ0v) is 12.6. The van der Waals surface area contributed by atoms with Gasteiger partial charge in [0.15, 0.2) is 0 Å². The zero-order chi connectivity index (χ0) is 14.7. The van der Waals surface area contributed by atoms with E-state index in [2.05, 4.69) is 48.9 Å². The first kappa shape index (κ1) is 14.7. The van der Waals surface area contributed by atoms with Crippen LogP contribution in [0.3, 0.4) is 0 Å². The normalized spacial score (nSPS) is 15.2. The van der Waals surface area contributed by atoms with Crippen molar-refractivity contribution in [2.24, 2.45) is 0 Å². The molecule has 0 bridgehead atoms. The van der Waals surface area contributed by atoms with Gasteiger partial charge in [0.1, 0.15) is 0 Å². The Morgan fingerprint density at radius 1 is 1.35 bits per heavy atom. The maximum atomic E-state index is 10.9. The lowest BCUT2D eigenvalue weighted by molar-refractivity contribution is -0.136. The number of carboxylic acids is 1. The molecule has 1 aliphatic heterocycles. The Morgan fingerprint density at radius 3 is 2.75 bits per heavy atom. The van der Waals surface area contributed by atoms with Crippen molar-refractivity contribution in [3.05, 3.63) is 23.8 Å². The third-order valence-electron chi connectivity index (χ3n) is 3.91. The van der Waals surface area contributed by atoms with Crippen LogP contribution in [0.4, 0.5) is 11.4 Å². The molecule has 1 aromatic rings. The molecule has 0 radical (unpaired) electrons. The van der Waals surface area contributed by atoms with Gasteiger partial charge in [0.2, 0.25) is 0 Å². The van der Waals surface area contributed by atoms with Crippen molar-refractivity contribution in [2.45, 2.75) is 32.6 Å². The number of carbonyl (C=O) groups is 1. The average Bonchev–Trinajstić information content (AvgIpc) is 2.56. The summed E-state index contributed by atoms with van der Waals surface area (Å²) in [5.41, 5.74) is 3.75. The molecule has 110 valence electrons. The zero-order valence-electron chi connectivity index (χ0n) is 12.6. The highest BCUT2D eigenvalue weighted by Gasteiger charge is 2.22. The number of hydrogen-bond acceptors (Lipinski definition) is 3. The summed E-state index contributed by atoms with van der Waals surface area (Å²) in [6.07, 6.45) is 1.25. The topological polar surface area (TPSA) is 43.8 Å². The quantitative estimate of drug-likeness (QED) is 0.918. The Bertz CT molecular complexity index is 485. The lowest BCUT2D eigenvalue weighted by Crippen LogP contribution is -2.28. The minimum Gasteiger partial charge on any atom is -0.481 e. The van der Waals surface area contributed by atoms with E-state index in [1.54, 1.807) is 0 Å². The summed E-state index contributed by atoms with van der Waals surface area (Å²) >= 11 is 0. The van der Waals surface area contributed by atoms with E-state index >= 15 is 0 Å². The van der Waals surface area contributed by atoms with Crippen molar-refractivity contribution in [2.75, 3.05) is 36.5 Å². The molecule has 0 spiro atoms. The standard InChI is InChI=1S/C16H24N2O2/c1-12(2)13-6-4-7-14-16(13)18(11-8-15(19)20)10-5-9-17(14)3/h4,6-7,12H,5,8-11H2,1-3H3,(H,19,20). The molecule has 2 rings (SSSR count). The SMILES string of the molecule is CC(C)c1cccc2c1N(CCC(=O)O)CCCN2C. The van der Waals surface area contributed by atoms with E-state index in [-0.39, 0.29) is 6.42 Å². The lowest BCUT2D eigenvalue weighted by atomic mass is 9.98. The number of aliphatic carboxylic acids is 1. The van der Waals surface area contributed by atoms with Crippen LogP contribution < -0.4 is 9.80 Å². The Morgan fingerprint density at radius 2 is 2.10 bits per heavy atom. The van der Waals surface area contributed by atoms with E-state index in [4.69, 9.17) is 5.11 Å². The first-order valence-corrected chi connectivity index (χ1v) is 7.31. The summed E-state index contributed by atoms with van der Waals surface area (Å²) in [5.74, 6) is -0.296. The van der Waals surface area contributed by atoms with E-state index in [1.807, 2.05) is 0 Å². The average molecular weight is 276 g/mol. The first-order valence-electron chi connectivity index (χ1n) is 7.31. The largest absolute Gasteiger partial charge is 0.481 e. The lowest BCUT2D eigenvalue weighted by Gasteiger charge is -2.29. The molecule has 20 heavy (non-hydrogen) atoms. The molecule has 1 aliphatic rings. The van der Waals surface area contributed by atoms with Crippen LogP contribution >= 0.6 is 0 Å². The molecule has 0 amide bonds. The van der Waals surface area contributed by atoms with Gasteiger partial charge in [-0.2, -0.15) is 0 Å². The molecular formula is C16H24N2O2. The van der Waals surface area contributed by atoms with Crippen LogP contribution in [0.15, 0.2) is 18.2 Å². The molecule has 4 nitrogen and oxygen atoms in total. The highest BCUT2D eigenvalue weighted by Crippen LogP contribution is 2.38. The molecule has 1 aromatic carbocycles. The Kier molecular flexibility index (Phi) is 4.53. The van der Waals surface area contributed by atoms with Gasteiger partial charge in [-0.15, -0.1) is 0 Å². The molecule has 0 saturated carbocycles. The van der Waals surface area contributed by atoms with Crippen LogP contribution in [0.1, 0.15) is 38.2 Å². The van der Waals surface area contributed by atoms with Crippen LogP contribution in [0.2, 0.25) is 0 Å². The maximum absolute atomic E-state index is 10.9. The van der Waals surface area contributed by atoms with Crippen molar-refractivity contribution in [3.63, 3.8) is 0 Å². The van der Waals surface area contributed by atoms with Gasteiger partial charge < -0.3 is 14.9 Å². The molecule has 1 N–H and O–H groups in total. The molecule has 0 fully saturated rings. The molecule has 0 unspecified atom stereocenters. The van der Waals surface area contributed by atoms with Gasteiger partial charge in [-0.3, -0.25) is 4.79 Å². The van der Waals surface area contributed by atoms with Crippen molar-refractivity contribution in [3.8, 4) is 0 Å². The molecule has 0 atom stereocenters. The minimum atomic E-state index is -0.730. The van der Waals surface area contributed by atoms with Gasteiger partial charge in [-0.05, 0) is 24.0 Å². The summed E-state index contributed by atoms with van der Waals surface area (Å²) in [4.78, 5) is 15.4. The van der Waals surface area contributed by atoms with Crippen molar-refractivity contribution >= 4 is 17.3 Å². The molecule has 4 heteroatoms. The predicted molar refractivity (Wildman–Crippen MR) is 82.9 cm³/mol. The fourth-order valence-electron chi connectivity index (χ4n) is 2.85. The molecular weight excluding hydrogens is 252 g/mol. The first-order chi connectivity index (χ1) is 9.50. The number of rotatable bonds is 4. The van der Waals surface area contributed by atoms with E-state index in [1.165, 1.54) is 16.9 Å². The Balaban J connectivity index is 2.42. The van der Waals surface area contributed by atoms with Crippen LogP contribution in [0.5, 0.6) is 0 Å². The summed E-state index contributed by atoms with van der Waals surface area (Å²) in [5, 5.41) is 8.96. The van der Waals surface area contributed by atoms with Gasteiger partial charge in [-0.1, -0.05) is 26.0 Å². The number of para-hydroxylation sites is 1. The third-order valence-corrected chi connectivity index (χ3v) is 3.91. The number of anilines is 2. The van der Waals surface area contributed by atoms with Gasteiger partial charge in [0.05, 0.1) is 17.8 Å². The number of fused-ring (bicyclic) bond motifs is 1. The van der Waals surface area contributed by atoms with Gasteiger partial charge in [0.25, 0.3) is 0 Å². The fraction of sp³-hybridized carbons (Fsp3) is 0.562. The van der Waals surface area contributed by atoms with E-state index in [0.717, 1.165) is 19.5 Å². The molecule has 0 saturated heterocycles. The van der Waals surface area contributed by atoms with Crippen molar-refractivity contribution in [1.29, 1.82) is 0 Å². The van der Waals surface area contributed by atoms with Crippen LogP contribution in [0, 0.1) is 0 Å². The van der Waals surface area contributed by atoms with Gasteiger partial charge in [-0.25, -0.2) is 0 Å². The van der Waals surface area contributed by atoms with Gasteiger partial charge >= 0.3 is 5.97 Å². The second kappa shape index (κ2) is 6.16. The fourth-order valence-corrected chi connectivity index (χ4v) is 2.85. The number of benzene rings is 1. The minimum absolute atomic E-state index is 0.190. The summed E-state index contributed by atoms with van der Waals surface area (Å²) < 4.78 is 0. The Hall–Kier alpha value is -1.71. The van der Waals surface area contributed by atoms with E-state index < -0.39 is 5.97 Å². The second-order valence-electron chi connectivity index (χ2n) is 5.78. The van der Waals surface area contributed by atoms with E-state index in [0.29, 0.717) is 12.5 Å². The van der Waals surface area contributed by atoms with Crippen LogP contribution in [-0.2, 0) is 4.79 Å². The molecule has 0 aromatic heterocycles. The Labute approximate surface area is 121 Å². The second-order valence-corrected chi connectivity index (χ2v) is 5.78. The highest BCUT2D eigenvalue weighted by molar-refractivity contribution is 5.77. The van der Waals surface area contributed by atoms with Crippen molar-refractivity contribution < 1.29 is 9.90 Å². The number of hydrogen-bond donors (Lipinski definition) is 1. The van der Waals surface area contributed by atoms with Crippen LogP contribution in [-0.4, -0.2) is 37.8 Å². The molecule has 0 aliphatic carbocycles. The monoisotopic (exact) mass is 276 g/mol. The van der Waals surface area contributed by atoms with Crippen molar-refractivity contribution in [1.82, 2.24) is 0 Å². The smallest absolute Gasteiger partial charge is 0.305 e. The predicted octanol–water partition coefficient (Wildman–Crippen LogP) is 2.93. The highest BCUT2D eigenvalue weighted by atomic mass is 16.4.